The lowest BCUT2D eigenvalue weighted by Crippen LogP contribution is -2.14. The number of rotatable bonds is 1. The zero-order valence-electron chi connectivity index (χ0n) is 9.77. The summed E-state index contributed by atoms with van der Waals surface area (Å²) in [7, 11) is 0. The van der Waals surface area contributed by atoms with E-state index in [2.05, 4.69) is 4.98 Å². The molecular weight excluding hydrogens is 248 g/mol. The van der Waals surface area contributed by atoms with Crippen molar-refractivity contribution in [2.75, 3.05) is 0 Å². The fourth-order valence-electron chi connectivity index (χ4n) is 2.05. The van der Waals surface area contributed by atoms with Crippen molar-refractivity contribution in [1.29, 1.82) is 0 Å². The van der Waals surface area contributed by atoms with Gasteiger partial charge in [-0.1, -0.05) is 35.4 Å². The second-order valence-electron chi connectivity index (χ2n) is 4.24. The molecule has 0 radical (unpaired) electrons. The Bertz CT molecular complexity index is 769. The van der Waals surface area contributed by atoms with Crippen molar-refractivity contribution in [3.8, 4) is 5.69 Å². The van der Waals surface area contributed by atoms with Crippen molar-refractivity contribution in [3.63, 3.8) is 0 Å². The van der Waals surface area contributed by atoms with Crippen molar-refractivity contribution >= 4 is 22.6 Å². The van der Waals surface area contributed by atoms with E-state index in [4.69, 9.17) is 11.6 Å². The first kappa shape index (κ1) is 11.1. The number of para-hydroxylation sites is 1. The lowest BCUT2D eigenvalue weighted by molar-refractivity contribution is 1.01. The molecule has 2 aromatic carbocycles. The number of hydrogen-bond acceptors (Lipinski definition) is 1. The maximum Gasteiger partial charge on any atom is 0.331 e. The van der Waals surface area contributed by atoms with Crippen LogP contribution in [0, 0.1) is 6.92 Å². The smallest absolute Gasteiger partial charge is 0.304 e. The third-order valence-corrected chi connectivity index (χ3v) is 3.27. The van der Waals surface area contributed by atoms with E-state index < -0.39 is 0 Å². The molecule has 90 valence electrons. The minimum Gasteiger partial charge on any atom is -0.304 e. The Morgan fingerprint density at radius 2 is 1.83 bits per heavy atom. The highest BCUT2D eigenvalue weighted by Crippen LogP contribution is 2.22. The van der Waals surface area contributed by atoms with Crippen LogP contribution in [-0.2, 0) is 0 Å². The maximum absolute atomic E-state index is 12.0. The van der Waals surface area contributed by atoms with E-state index in [1.54, 1.807) is 10.6 Å². The van der Waals surface area contributed by atoms with Gasteiger partial charge >= 0.3 is 5.69 Å². The summed E-state index contributed by atoms with van der Waals surface area (Å²) in [5.74, 6) is 0. The first-order chi connectivity index (χ1) is 8.66. The Hall–Kier alpha value is -2.00. The van der Waals surface area contributed by atoms with E-state index in [-0.39, 0.29) is 5.69 Å². The number of aromatic amines is 1. The van der Waals surface area contributed by atoms with Gasteiger partial charge in [0.2, 0.25) is 0 Å². The molecule has 0 saturated carbocycles. The molecule has 3 aromatic rings. The second-order valence-corrected chi connectivity index (χ2v) is 4.64. The monoisotopic (exact) mass is 258 g/mol. The van der Waals surface area contributed by atoms with Crippen LogP contribution < -0.4 is 5.69 Å². The normalized spacial score (nSPS) is 11.0. The number of fused-ring (bicyclic) bond motifs is 1. The third-order valence-electron chi connectivity index (χ3n) is 2.96. The Labute approximate surface area is 109 Å². The number of benzene rings is 2. The summed E-state index contributed by atoms with van der Waals surface area (Å²) in [6.07, 6.45) is 0. The van der Waals surface area contributed by atoms with Crippen LogP contribution in [0.2, 0.25) is 5.02 Å². The van der Waals surface area contributed by atoms with Crippen LogP contribution in [0.15, 0.2) is 47.3 Å². The molecular formula is C14H11ClN2O. The Balaban J connectivity index is 2.35. The average molecular weight is 259 g/mol. The molecule has 18 heavy (non-hydrogen) atoms. The maximum atomic E-state index is 12.0. The molecule has 0 saturated heterocycles. The van der Waals surface area contributed by atoms with E-state index in [0.29, 0.717) is 10.5 Å². The van der Waals surface area contributed by atoms with Crippen molar-refractivity contribution < 1.29 is 0 Å². The molecule has 4 heteroatoms. The summed E-state index contributed by atoms with van der Waals surface area (Å²) in [5.41, 5.74) is 3.27. The molecule has 0 fully saturated rings. The van der Waals surface area contributed by atoms with Crippen LogP contribution in [0.4, 0.5) is 0 Å². The summed E-state index contributed by atoms with van der Waals surface area (Å²) in [5, 5.41) is 0.551. The van der Waals surface area contributed by atoms with Crippen LogP contribution in [-0.4, -0.2) is 9.55 Å². The number of H-pyrrole nitrogens is 1. The van der Waals surface area contributed by atoms with E-state index in [0.717, 1.165) is 16.8 Å². The molecule has 0 unspecified atom stereocenters. The lowest BCUT2D eigenvalue weighted by atomic mass is 10.2. The fourth-order valence-corrected chi connectivity index (χ4v) is 2.26. The van der Waals surface area contributed by atoms with Crippen molar-refractivity contribution in [2.24, 2.45) is 0 Å². The van der Waals surface area contributed by atoms with Gasteiger partial charge in [-0.15, -0.1) is 0 Å². The third kappa shape index (κ3) is 1.64. The van der Waals surface area contributed by atoms with Crippen molar-refractivity contribution in [1.82, 2.24) is 9.55 Å². The van der Waals surface area contributed by atoms with E-state index in [1.165, 1.54) is 0 Å². The minimum absolute atomic E-state index is 0.179. The number of aromatic nitrogens is 2. The fraction of sp³-hybridized carbons (Fsp3) is 0.0714. The largest absolute Gasteiger partial charge is 0.331 e. The van der Waals surface area contributed by atoms with Gasteiger partial charge in [-0.05, 0) is 31.2 Å². The molecule has 0 atom stereocenters. The molecule has 0 amide bonds. The zero-order valence-corrected chi connectivity index (χ0v) is 10.5. The number of hydrogen-bond donors (Lipinski definition) is 1. The summed E-state index contributed by atoms with van der Waals surface area (Å²) in [6.45, 7) is 2.01. The molecule has 0 spiro atoms. The number of imidazole rings is 1. The molecule has 3 nitrogen and oxygen atoms in total. The van der Waals surface area contributed by atoms with Crippen LogP contribution in [0.25, 0.3) is 16.7 Å². The zero-order chi connectivity index (χ0) is 12.7. The highest BCUT2D eigenvalue weighted by atomic mass is 35.5. The van der Waals surface area contributed by atoms with Crippen molar-refractivity contribution in [2.45, 2.75) is 6.92 Å². The highest BCUT2D eigenvalue weighted by molar-refractivity contribution is 6.34. The number of nitrogens with zero attached hydrogens (tertiary/aromatic N) is 1. The Kier molecular flexibility index (Phi) is 2.49. The molecule has 1 aromatic heterocycles. The number of halogens is 1. The summed E-state index contributed by atoms with van der Waals surface area (Å²) in [6, 6.07) is 13.3. The van der Waals surface area contributed by atoms with Crippen LogP contribution >= 0.6 is 11.6 Å². The van der Waals surface area contributed by atoms with Crippen LogP contribution in [0.3, 0.4) is 0 Å². The first-order valence-corrected chi connectivity index (χ1v) is 6.01. The van der Waals surface area contributed by atoms with Crippen LogP contribution in [0.1, 0.15) is 5.56 Å². The van der Waals surface area contributed by atoms with E-state index >= 15 is 0 Å². The lowest BCUT2D eigenvalue weighted by Gasteiger charge is -2.03. The molecule has 0 aliphatic heterocycles. The van der Waals surface area contributed by atoms with Gasteiger partial charge in [0.1, 0.15) is 0 Å². The summed E-state index contributed by atoms with van der Waals surface area (Å²) >= 11 is 6.07. The predicted molar refractivity (Wildman–Crippen MR) is 73.6 cm³/mol. The molecule has 0 aliphatic carbocycles. The highest BCUT2D eigenvalue weighted by Gasteiger charge is 2.10. The topological polar surface area (TPSA) is 37.8 Å². The van der Waals surface area contributed by atoms with Gasteiger partial charge in [-0.3, -0.25) is 4.57 Å². The molecule has 1 N–H and O–H groups in total. The second kappa shape index (κ2) is 4.03. The van der Waals surface area contributed by atoms with Gasteiger partial charge < -0.3 is 4.98 Å². The summed E-state index contributed by atoms with van der Waals surface area (Å²) < 4.78 is 1.63. The standard InChI is InChI=1S/C14H11ClN2O/c1-9-5-7-10(8-6-9)17-12-4-2-3-11(15)13(12)16-14(17)18/h2-8H,1H3,(H,16,18). The molecule has 1 heterocycles. The van der Waals surface area contributed by atoms with Crippen molar-refractivity contribution in [3.05, 3.63) is 63.5 Å². The van der Waals surface area contributed by atoms with Crippen LogP contribution in [0.5, 0.6) is 0 Å². The van der Waals surface area contributed by atoms with Gasteiger partial charge in [-0.25, -0.2) is 4.79 Å². The Morgan fingerprint density at radius 3 is 2.56 bits per heavy atom. The molecule has 0 bridgehead atoms. The first-order valence-electron chi connectivity index (χ1n) is 5.63. The number of aryl methyl sites for hydroxylation is 1. The minimum atomic E-state index is -0.179. The van der Waals surface area contributed by atoms with Gasteiger partial charge in [0.25, 0.3) is 0 Å². The van der Waals surface area contributed by atoms with E-state index in [9.17, 15) is 4.79 Å². The van der Waals surface area contributed by atoms with Gasteiger partial charge in [-0.2, -0.15) is 0 Å². The average Bonchev–Trinajstić information content (AvgIpc) is 2.69. The van der Waals surface area contributed by atoms with Gasteiger partial charge in [0.05, 0.1) is 21.7 Å². The summed E-state index contributed by atoms with van der Waals surface area (Å²) in [4.78, 5) is 14.8. The Morgan fingerprint density at radius 1 is 1.11 bits per heavy atom. The molecule has 3 rings (SSSR count). The van der Waals surface area contributed by atoms with Gasteiger partial charge in [0, 0.05) is 0 Å². The van der Waals surface area contributed by atoms with Gasteiger partial charge in [0.15, 0.2) is 0 Å². The number of nitrogens with one attached hydrogen (secondary N) is 1. The predicted octanol–water partition coefficient (Wildman–Crippen LogP) is 3.28. The quantitative estimate of drug-likeness (QED) is 0.715. The van der Waals surface area contributed by atoms with E-state index in [1.807, 2.05) is 43.3 Å². The molecule has 0 aliphatic rings. The SMILES string of the molecule is Cc1ccc(-n2c(=O)[nH]c3c(Cl)cccc32)cc1.